The molecule has 8 heteroatoms. The van der Waals surface area contributed by atoms with Crippen molar-refractivity contribution in [2.24, 2.45) is 0 Å². The fourth-order valence-electron chi connectivity index (χ4n) is 1.77. The van der Waals surface area contributed by atoms with Crippen LogP contribution in [0.1, 0.15) is 27.9 Å². The number of nitrogens with one attached hydrogen (secondary N) is 2. The smallest absolute Gasteiger partial charge is 0.270 e. The average Bonchev–Trinajstić information content (AvgIpc) is 3.02. The van der Waals surface area contributed by atoms with E-state index in [0.29, 0.717) is 5.69 Å². The topological polar surface area (TPSA) is 88.2 Å². The highest BCUT2D eigenvalue weighted by atomic mass is 32.2. The lowest BCUT2D eigenvalue weighted by molar-refractivity contribution is 0.0946. The van der Waals surface area contributed by atoms with E-state index in [-0.39, 0.29) is 16.7 Å². The monoisotopic (exact) mass is 339 g/mol. The molecule has 118 valence electrons. The van der Waals surface area contributed by atoms with Gasteiger partial charge >= 0.3 is 0 Å². The van der Waals surface area contributed by atoms with Crippen LogP contribution >= 0.6 is 11.3 Å². The lowest BCUT2D eigenvalue weighted by Gasteiger charge is -2.04. The van der Waals surface area contributed by atoms with E-state index in [2.05, 4.69) is 15.0 Å². The van der Waals surface area contributed by atoms with E-state index < -0.39 is 10.0 Å². The van der Waals surface area contributed by atoms with Crippen molar-refractivity contribution in [1.29, 1.82) is 0 Å². The number of sulfonamides is 1. The summed E-state index contributed by atoms with van der Waals surface area (Å²) in [5, 5.41) is 2.74. The summed E-state index contributed by atoms with van der Waals surface area (Å²) in [5.41, 5.74) is 1.40. The van der Waals surface area contributed by atoms with Crippen LogP contribution in [0.25, 0.3) is 0 Å². The highest BCUT2D eigenvalue weighted by molar-refractivity contribution is 7.91. The highest BCUT2D eigenvalue weighted by Gasteiger charge is 2.15. The second-order valence-corrected chi connectivity index (χ2v) is 7.80. The number of nitrogens with zero attached hydrogens (tertiary/aromatic N) is 1. The standard InChI is InChI=1S/C14H17N3O3S2/c1-3-10-6-7-16-12(8-10)14(18)17-9-11-4-5-13(21-11)22(19,20)15-2/h4-8,15H,3,9H2,1-2H3,(H,17,18). The minimum atomic E-state index is -3.43. The minimum Gasteiger partial charge on any atom is -0.346 e. The number of carbonyl (C=O) groups excluding carboxylic acids is 1. The third-order valence-electron chi connectivity index (χ3n) is 3.06. The molecule has 0 spiro atoms. The molecule has 2 rings (SSSR count). The van der Waals surface area contributed by atoms with Crippen LogP contribution in [0.2, 0.25) is 0 Å². The first-order chi connectivity index (χ1) is 10.5. The molecule has 0 aliphatic carbocycles. The number of amides is 1. The molecular weight excluding hydrogens is 322 g/mol. The normalized spacial score (nSPS) is 11.4. The van der Waals surface area contributed by atoms with Crippen LogP contribution < -0.4 is 10.0 Å². The van der Waals surface area contributed by atoms with Crippen molar-refractivity contribution < 1.29 is 13.2 Å². The predicted octanol–water partition coefficient (Wildman–Crippen LogP) is 1.54. The van der Waals surface area contributed by atoms with Gasteiger partial charge < -0.3 is 5.32 Å². The van der Waals surface area contributed by atoms with E-state index in [1.54, 1.807) is 18.3 Å². The largest absolute Gasteiger partial charge is 0.346 e. The van der Waals surface area contributed by atoms with Crippen LogP contribution in [-0.2, 0) is 23.0 Å². The first kappa shape index (κ1) is 16.6. The van der Waals surface area contributed by atoms with E-state index in [4.69, 9.17) is 0 Å². The number of rotatable bonds is 6. The summed E-state index contributed by atoms with van der Waals surface area (Å²) in [5.74, 6) is -0.276. The van der Waals surface area contributed by atoms with Gasteiger partial charge in [-0.05, 0) is 43.3 Å². The van der Waals surface area contributed by atoms with Gasteiger partial charge in [-0.3, -0.25) is 9.78 Å². The molecule has 0 aliphatic heterocycles. The summed E-state index contributed by atoms with van der Waals surface area (Å²) >= 11 is 1.12. The van der Waals surface area contributed by atoms with Crippen molar-refractivity contribution in [2.75, 3.05) is 7.05 Å². The number of thiophene rings is 1. The Labute approximate surface area is 133 Å². The van der Waals surface area contributed by atoms with Crippen molar-refractivity contribution in [3.8, 4) is 0 Å². The maximum absolute atomic E-state index is 12.0. The lowest BCUT2D eigenvalue weighted by Crippen LogP contribution is -2.23. The third kappa shape index (κ3) is 3.90. The Bertz CT molecular complexity index is 769. The SMILES string of the molecule is CCc1ccnc(C(=O)NCc2ccc(S(=O)(=O)NC)s2)c1. The zero-order valence-electron chi connectivity index (χ0n) is 12.3. The van der Waals surface area contributed by atoms with Crippen molar-refractivity contribution in [1.82, 2.24) is 15.0 Å². The van der Waals surface area contributed by atoms with Gasteiger partial charge in [0.1, 0.15) is 9.90 Å². The Morgan fingerprint density at radius 1 is 1.32 bits per heavy atom. The fourth-order valence-corrected chi connectivity index (χ4v) is 3.91. The Balaban J connectivity index is 2.02. The molecule has 0 aromatic carbocycles. The van der Waals surface area contributed by atoms with Crippen molar-refractivity contribution in [3.05, 3.63) is 46.6 Å². The molecule has 0 saturated heterocycles. The van der Waals surface area contributed by atoms with E-state index >= 15 is 0 Å². The average molecular weight is 339 g/mol. The molecular formula is C14H17N3O3S2. The van der Waals surface area contributed by atoms with E-state index in [1.165, 1.54) is 13.1 Å². The number of aromatic nitrogens is 1. The van der Waals surface area contributed by atoms with Crippen LogP contribution in [0.15, 0.2) is 34.7 Å². The Hall–Kier alpha value is -1.77. The highest BCUT2D eigenvalue weighted by Crippen LogP contribution is 2.21. The van der Waals surface area contributed by atoms with Gasteiger partial charge in [0.15, 0.2) is 0 Å². The molecule has 0 bridgehead atoms. The van der Waals surface area contributed by atoms with Gasteiger partial charge in [-0.2, -0.15) is 0 Å². The number of aryl methyl sites for hydroxylation is 1. The summed E-state index contributed by atoms with van der Waals surface area (Å²) in [4.78, 5) is 16.8. The summed E-state index contributed by atoms with van der Waals surface area (Å²) in [6, 6.07) is 6.82. The first-order valence-electron chi connectivity index (χ1n) is 6.71. The van der Waals surface area contributed by atoms with Crippen LogP contribution in [0.3, 0.4) is 0 Å². The van der Waals surface area contributed by atoms with Crippen LogP contribution in [0, 0.1) is 0 Å². The van der Waals surface area contributed by atoms with E-state index in [9.17, 15) is 13.2 Å². The molecule has 1 amide bonds. The van der Waals surface area contributed by atoms with Gasteiger partial charge in [0.2, 0.25) is 10.0 Å². The molecule has 0 atom stereocenters. The van der Waals surface area contributed by atoms with Crippen LogP contribution in [-0.4, -0.2) is 26.4 Å². The second-order valence-electron chi connectivity index (χ2n) is 4.51. The lowest BCUT2D eigenvalue weighted by atomic mass is 10.2. The molecule has 2 aromatic rings. The molecule has 0 radical (unpaired) electrons. The zero-order chi connectivity index (χ0) is 16.2. The summed E-state index contributed by atoms with van der Waals surface area (Å²) < 4.78 is 25.8. The Kier molecular flexibility index (Phi) is 5.28. The van der Waals surface area contributed by atoms with Gasteiger partial charge in [0.25, 0.3) is 5.91 Å². The van der Waals surface area contributed by atoms with Crippen molar-refractivity contribution >= 4 is 27.3 Å². The van der Waals surface area contributed by atoms with Gasteiger partial charge in [-0.1, -0.05) is 6.92 Å². The second kappa shape index (κ2) is 6.99. The van der Waals surface area contributed by atoms with Gasteiger partial charge in [-0.25, -0.2) is 13.1 Å². The minimum absolute atomic E-state index is 0.227. The van der Waals surface area contributed by atoms with Crippen LogP contribution in [0.5, 0.6) is 0 Å². The number of carbonyl (C=O) groups is 1. The quantitative estimate of drug-likeness (QED) is 0.836. The van der Waals surface area contributed by atoms with Gasteiger partial charge in [0, 0.05) is 11.1 Å². The third-order valence-corrected chi connectivity index (χ3v) is 6.05. The van der Waals surface area contributed by atoms with Gasteiger partial charge in [-0.15, -0.1) is 11.3 Å². The summed E-state index contributed by atoms with van der Waals surface area (Å²) in [6.07, 6.45) is 2.44. The van der Waals surface area contributed by atoms with E-state index in [0.717, 1.165) is 28.2 Å². The maximum Gasteiger partial charge on any atom is 0.270 e. The zero-order valence-corrected chi connectivity index (χ0v) is 13.9. The van der Waals surface area contributed by atoms with E-state index in [1.807, 2.05) is 13.0 Å². The predicted molar refractivity (Wildman–Crippen MR) is 85.3 cm³/mol. The molecule has 2 heterocycles. The molecule has 0 aliphatic rings. The first-order valence-corrected chi connectivity index (χ1v) is 9.01. The van der Waals surface area contributed by atoms with Gasteiger partial charge in [0.05, 0.1) is 6.54 Å². The molecule has 0 fully saturated rings. The number of hydrogen-bond acceptors (Lipinski definition) is 5. The van der Waals surface area contributed by atoms with Crippen LogP contribution in [0.4, 0.5) is 0 Å². The Morgan fingerprint density at radius 2 is 2.09 bits per heavy atom. The molecule has 2 N–H and O–H groups in total. The molecule has 6 nitrogen and oxygen atoms in total. The summed E-state index contributed by atoms with van der Waals surface area (Å²) in [6.45, 7) is 2.27. The molecule has 22 heavy (non-hydrogen) atoms. The molecule has 0 saturated carbocycles. The Morgan fingerprint density at radius 3 is 2.77 bits per heavy atom. The summed E-state index contributed by atoms with van der Waals surface area (Å²) in [7, 11) is -2.07. The number of pyridine rings is 1. The van der Waals surface area contributed by atoms with Crippen molar-refractivity contribution in [3.63, 3.8) is 0 Å². The molecule has 0 unspecified atom stereocenters. The number of hydrogen-bond donors (Lipinski definition) is 2. The molecule has 2 aromatic heterocycles. The maximum atomic E-state index is 12.0. The fraction of sp³-hybridized carbons (Fsp3) is 0.286. The van der Waals surface area contributed by atoms with Crippen molar-refractivity contribution in [2.45, 2.75) is 24.1 Å².